The zero-order chi connectivity index (χ0) is 28.2. The highest BCUT2D eigenvalue weighted by molar-refractivity contribution is 6.05. The van der Waals surface area contributed by atoms with Crippen molar-refractivity contribution in [3.63, 3.8) is 0 Å². The first-order valence-electron chi connectivity index (χ1n) is 13.4. The largest absolute Gasteiger partial charge is 0.359 e. The molecule has 4 aromatic carbocycles. The molecule has 1 heterocycles. The smallest absolute Gasteiger partial charge is 0.224 e. The molecule has 6 rings (SSSR count). The number of hydrogen-bond donors (Lipinski definition) is 1. The molecule has 1 aliphatic heterocycles. The van der Waals surface area contributed by atoms with Crippen molar-refractivity contribution < 1.29 is 13.9 Å². The number of benzene rings is 4. The van der Waals surface area contributed by atoms with Crippen molar-refractivity contribution in [1.82, 2.24) is 5.32 Å². The van der Waals surface area contributed by atoms with E-state index in [4.69, 9.17) is 10.3 Å². The fraction of sp³-hybridized carbons (Fsp3) is 0.147. The molecule has 1 unspecified atom stereocenters. The number of azide groups is 1. The maximum absolute atomic E-state index is 14.2. The maximum atomic E-state index is 14.2. The van der Waals surface area contributed by atoms with Crippen LogP contribution in [0, 0.1) is 5.82 Å². The molecule has 0 radical (unpaired) electrons. The number of nitrogens with zero attached hydrogens (tertiary/aromatic N) is 3. The summed E-state index contributed by atoms with van der Waals surface area (Å²) in [5, 5.41) is 6.60. The number of carbonyl (C=O) groups excluding carboxylic acids is 1. The summed E-state index contributed by atoms with van der Waals surface area (Å²) in [6.07, 6.45) is 4.10. The molecular weight excluding hydrogens is 515 g/mol. The lowest BCUT2D eigenvalue weighted by Gasteiger charge is -2.14. The van der Waals surface area contributed by atoms with Gasteiger partial charge in [0.2, 0.25) is 5.91 Å². The van der Waals surface area contributed by atoms with Gasteiger partial charge in [-0.1, -0.05) is 90.0 Å². The van der Waals surface area contributed by atoms with Gasteiger partial charge in [0, 0.05) is 11.5 Å². The first-order chi connectivity index (χ1) is 20.0. The molecule has 4 aromatic rings. The Labute approximate surface area is 237 Å². The standard InChI is InChI=1S/C34H27FN4O2/c35-30-14-15-31-26(16-23-6-8-25(9-7-23)21-38-39-36)17-27(32(31)19-30)18-33(40)37-20-24-10-12-29(13-11-24)34(22-41-34)28-4-2-1-3-5-28/h1-17,19H,18,20-22H2,(H,37,40). The Morgan fingerprint density at radius 1 is 0.951 bits per heavy atom. The van der Waals surface area contributed by atoms with Crippen LogP contribution in [-0.4, -0.2) is 12.5 Å². The van der Waals surface area contributed by atoms with E-state index >= 15 is 0 Å². The molecule has 1 aliphatic carbocycles. The van der Waals surface area contributed by atoms with Gasteiger partial charge in [0.1, 0.15) is 11.4 Å². The molecule has 6 nitrogen and oxygen atoms in total. The van der Waals surface area contributed by atoms with Crippen molar-refractivity contribution in [1.29, 1.82) is 0 Å². The van der Waals surface area contributed by atoms with Crippen LogP contribution < -0.4 is 5.32 Å². The molecule has 7 heteroatoms. The Bertz CT molecular complexity index is 1700. The van der Waals surface area contributed by atoms with Crippen molar-refractivity contribution in [3.8, 4) is 0 Å². The molecule has 41 heavy (non-hydrogen) atoms. The SMILES string of the molecule is [N-]=[N+]=NCc1ccc(C=C2C=C(CC(=O)NCc3ccc(C4(c5ccccc5)CO4)cc3)c3cc(F)ccc32)cc1. The van der Waals surface area contributed by atoms with Crippen LogP contribution in [0.5, 0.6) is 0 Å². The first-order valence-corrected chi connectivity index (χ1v) is 13.4. The molecule has 0 saturated carbocycles. The number of fused-ring (bicyclic) bond motifs is 1. The summed E-state index contributed by atoms with van der Waals surface area (Å²) in [7, 11) is 0. The molecule has 0 spiro atoms. The van der Waals surface area contributed by atoms with Crippen LogP contribution in [0.25, 0.3) is 27.7 Å². The lowest BCUT2D eigenvalue weighted by atomic mass is 9.91. The Hall–Kier alpha value is -4.97. The predicted octanol–water partition coefficient (Wildman–Crippen LogP) is 7.55. The molecule has 202 valence electrons. The number of nitrogens with one attached hydrogen (secondary N) is 1. The molecular formula is C34H27FN4O2. The van der Waals surface area contributed by atoms with E-state index in [2.05, 4.69) is 39.6 Å². The van der Waals surface area contributed by atoms with Gasteiger partial charge in [-0.25, -0.2) is 4.39 Å². The molecule has 1 fully saturated rings. The normalized spacial score (nSPS) is 17.9. The van der Waals surface area contributed by atoms with Crippen molar-refractivity contribution >= 4 is 23.1 Å². The lowest BCUT2D eigenvalue weighted by Crippen LogP contribution is -2.22. The van der Waals surface area contributed by atoms with Crippen LogP contribution in [0.3, 0.4) is 0 Å². The second-order valence-electron chi connectivity index (χ2n) is 10.2. The third-order valence-corrected chi connectivity index (χ3v) is 7.52. The molecule has 2 aliphatic rings. The summed E-state index contributed by atoms with van der Waals surface area (Å²) in [6.45, 7) is 1.34. The van der Waals surface area contributed by atoms with Crippen molar-refractivity contribution in [3.05, 3.63) is 158 Å². The fourth-order valence-electron chi connectivity index (χ4n) is 5.26. The minimum atomic E-state index is -0.375. The van der Waals surface area contributed by atoms with Crippen molar-refractivity contribution in [2.24, 2.45) is 5.11 Å². The number of ether oxygens (including phenoxy) is 1. The number of amides is 1. The van der Waals surface area contributed by atoms with E-state index in [0.717, 1.165) is 50.1 Å². The highest BCUT2D eigenvalue weighted by Gasteiger charge is 2.47. The molecule has 1 N–H and O–H groups in total. The fourth-order valence-corrected chi connectivity index (χ4v) is 5.26. The topological polar surface area (TPSA) is 90.4 Å². The molecule has 1 amide bonds. The number of rotatable bonds is 9. The molecule has 1 saturated heterocycles. The third-order valence-electron chi connectivity index (χ3n) is 7.52. The average molecular weight is 543 g/mol. The quantitative estimate of drug-likeness (QED) is 0.102. The highest BCUT2D eigenvalue weighted by Crippen LogP contribution is 2.45. The van der Waals surface area contributed by atoms with Gasteiger partial charge in [-0.3, -0.25) is 4.79 Å². The minimum Gasteiger partial charge on any atom is -0.359 e. The second-order valence-corrected chi connectivity index (χ2v) is 10.2. The lowest BCUT2D eigenvalue weighted by molar-refractivity contribution is -0.120. The third kappa shape index (κ3) is 5.68. The summed E-state index contributed by atoms with van der Waals surface area (Å²) in [5.41, 5.74) is 16.5. The van der Waals surface area contributed by atoms with Gasteiger partial charge in [0.05, 0.1) is 19.6 Å². The van der Waals surface area contributed by atoms with Gasteiger partial charge in [0.25, 0.3) is 0 Å². The van der Waals surface area contributed by atoms with Gasteiger partial charge >= 0.3 is 0 Å². The zero-order valence-electron chi connectivity index (χ0n) is 22.3. The minimum absolute atomic E-state index is 0.134. The van der Waals surface area contributed by atoms with E-state index in [1.807, 2.05) is 66.7 Å². The number of epoxide rings is 1. The van der Waals surface area contributed by atoms with E-state index in [1.54, 1.807) is 6.07 Å². The van der Waals surface area contributed by atoms with E-state index in [9.17, 15) is 9.18 Å². The van der Waals surface area contributed by atoms with Gasteiger partial charge in [-0.15, -0.1) is 0 Å². The summed E-state index contributed by atoms with van der Waals surface area (Å²) < 4.78 is 20.0. The summed E-state index contributed by atoms with van der Waals surface area (Å²) >= 11 is 0. The van der Waals surface area contributed by atoms with E-state index < -0.39 is 0 Å². The van der Waals surface area contributed by atoms with Gasteiger partial charge in [-0.2, -0.15) is 0 Å². The van der Waals surface area contributed by atoms with E-state index in [0.29, 0.717) is 19.7 Å². The summed E-state index contributed by atoms with van der Waals surface area (Å²) in [4.78, 5) is 15.8. The van der Waals surface area contributed by atoms with E-state index in [-0.39, 0.29) is 23.7 Å². The summed E-state index contributed by atoms with van der Waals surface area (Å²) in [6, 6.07) is 30.7. The van der Waals surface area contributed by atoms with Crippen LogP contribution >= 0.6 is 0 Å². The highest BCUT2D eigenvalue weighted by atomic mass is 19.1. The number of halogens is 1. The second kappa shape index (κ2) is 11.3. The number of hydrogen-bond acceptors (Lipinski definition) is 3. The van der Waals surface area contributed by atoms with Gasteiger partial charge in [0.15, 0.2) is 0 Å². The van der Waals surface area contributed by atoms with Crippen LogP contribution in [0.4, 0.5) is 4.39 Å². The van der Waals surface area contributed by atoms with E-state index in [1.165, 1.54) is 12.1 Å². The van der Waals surface area contributed by atoms with Crippen LogP contribution in [0.1, 0.15) is 45.4 Å². The Kier molecular flexibility index (Phi) is 7.21. The number of carbonyl (C=O) groups is 1. The van der Waals surface area contributed by atoms with Crippen molar-refractivity contribution in [2.75, 3.05) is 6.61 Å². The zero-order valence-corrected chi connectivity index (χ0v) is 22.3. The monoisotopic (exact) mass is 542 g/mol. The Balaban J connectivity index is 1.13. The van der Waals surface area contributed by atoms with Crippen LogP contribution in [0.15, 0.2) is 108 Å². The average Bonchev–Trinajstić information content (AvgIpc) is 3.76. The Morgan fingerprint density at radius 3 is 2.37 bits per heavy atom. The van der Waals surface area contributed by atoms with Crippen LogP contribution in [0.2, 0.25) is 0 Å². The maximum Gasteiger partial charge on any atom is 0.224 e. The number of allylic oxidation sites excluding steroid dienone is 2. The van der Waals surface area contributed by atoms with Gasteiger partial charge in [-0.05, 0) is 79.9 Å². The summed E-state index contributed by atoms with van der Waals surface area (Å²) in [5.74, 6) is -0.475. The first kappa shape index (κ1) is 26.3. The van der Waals surface area contributed by atoms with Crippen molar-refractivity contribution in [2.45, 2.75) is 25.1 Å². The van der Waals surface area contributed by atoms with Gasteiger partial charge < -0.3 is 10.1 Å². The van der Waals surface area contributed by atoms with Crippen LogP contribution in [-0.2, 0) is 28.2 Å². The Morgan fingerprint density at radius 2 is 1.66 bits per heavy atom. The predicted molar refractivity (Wildman–Crippen MR) is 158 cm³/mol. The molecule has 0 aromatic heterocycles. The molecule has 1 atom stereocenters. The molecule has 0 bridgehead atoms.